The van der Waals surface area contributed by atoms with Crippen molar-refractivity contribution < 1.29 is 15.0 Å². The second kappa shape index (κ2) is 11.2. The van der Waals surface area contributed by atoms with Crippen LogP contribution in [0.5, 0.6) is 0 Å². The van der Waals surface area contributed by atoms with Crippen LogP contribution in [0.3, 0.4) is 0 Å². The molecule has 5 heteroatoms. The standard InChI is InChI=1S/C7H13NO.C7H11NO.C3H8O.2CH4/c2*9-7-5-8-3-1-6(7)2-4-8;1-3(2)4;;/h6-7,9H,1-5H2;6H,1-5H2;3-4H,1-2H3;2*1H4/t7-;;;;/m1..../s1. The summed E-state index contributed by atoms with van der Waals surface area (Å²) in [5.74, 6) is 1.55. The summed E-state index contributed by atoms with van der Waals surface area (Å²) < 4.78 is 0. The van der Waals surface area contributed by atoms with Crippen molar-refractivity contribution in [3.8, 4) is 0 Å². The first-order valence-corrected chi connectivity index (χ1v) is 8.79. The normalized spacial score (nSPS) is 35.7. The SMILES string of the molecule is C.C.CC(C)O.O=C1CN2CCC1CC2.O[C@@H]1CN2CCC1CC2. The zero-order valence-corrected chi connectivity index (χ0v) is 14.1. The average Bonchev–Trinajstić information content (AvgIpc) is 2.49. The van der Waals surface area contributed by atoms with Crippen molar-refractivity contribution in [3.63, 3.8) is 0 Å². The van der Waals surface area contributed by atoms with E-state index in [1.165, 1.54) is 25.9 Å². The lowest BCUT2D eigenvalue weighted by atomic mass is 9.86. The monoisotopic (exact) mass is 344 g/mol. The number of nitrogens with zero attached hydrogens (tertiary/aromatic N) is 2. The summed E-state index contributed by atoms with van der Waals surface area (Å²) in [4.78, 5) is 15.6. The van der Waals surface area contributed by atoms with Crippen molar-refractivity contribution in [1.29, 1.82) is 0 Å². The van der Waals surface area contributed by atoms with Gasteiger partial charge in [0.05, 0.1) is 12.6 Å². The van der Waals surface area contributed by atoms with Crippen LogP contribution in [0.15, 0.2) is 0 Å². The van der Waals surface area contributed by atoms with Gasteiger partial charge in [-0.1, -0.05) is 14.9 Å². The summed E-state index contributed by atoms with van der Waals surface area (Å²) in [6.07, 6.45) is 4.52. The molecule has 6 fully saturated rings. The van der Waals surface area contributed by atoms with Crippen molar-refractivity contribution in [2.24, 2.45) is 11.8 Å². The molecule has 0 saturated carbocycles. The summed E-state index contributed by atoms with van der Waals surface area (Å²) in [7, 11) is 0. The van der Waals surface area contributed by atoms with Crippen LogP contribution in [-0.4, -0.2) is 77.3 Å². The predicted octanol–water partition coefficient (Wildman–Crippen LogP) is 2.01. The molecule has 0 amide bonds. The van der Waals surface area contributed by atoms with Gasteiger partial charge in [-0.2, -0.15) is 0 Å². The Morgan fingerprint density at radius 2 is 1.42 bits per heavy atom. The first-order chi connectivity index (χ1) is 10.5. The van der Waals surface area contributed by atoms with Gasteiger partial charge in [0.15, 0.2) is 0 Å². The molecule has 24 heavy (non-hydrogen) atoms. The van der Waals surface area contributed by atoms with Gasteiger partial charge in [0, 0.05) is 18.6 Å². The van der Waals surface area contributed by atoms with E-state index in [9.17, 15) is 9.90 Å². The first kappa shape index (κ1) is 23.5. The summed E-state index contributed by atoms with van der Waals surface area (Å²) in [5.41, 5.74) is 0. The highest BCUT2D eigenvalue weighted by molar-refractivity contribution is 5.84. The van der Waals surface area contributed by atoms with Crippen LogP contribution in [0.25, 0.3) is 0 Å². The van der Waals surface area contributed by atoms with Gasteiger partial charge in [-0.15, -0.1) is 0 Å². The maximum Gasteiger partial charge on any atom is 0.149 e. The number of hydrogen-bond donors (Lipinski definition) is 2. The molecule has 6 saturated heterocycles. The minimum Gasteiger partial charge on any atom is -0.394 e. The molecule has 6 rings (SSSR count). The Morgan fingerprint density at radius 1 is 0.958 bits per heavy atom. The zero-order valence-electron chi connectivity index (χ0n) is 14.1. The molecular formula is C19H40N2O3. The molecule has 5 nitrogen and oxygen atoms in total. The molecular weight excluding hydrogens is 304 g/mol. The van der Waals surface area contributed by atoms with Gasteiger partial charge < -0.3 is 15.1 Å². The van der Waals surface area contributed by atoms with Crippen LogP contribution in [0.2, 0.25) is 0 Å². The van der Waals surface area contributed by atoms with Gasteiger partial charge in [-0.3, -0.25) is 9.69 Å². The third-order valence-electron chi connectivity index (χ3n) is 5.04. The zero-order chi connectivity index (χ0) is 16.1. The molecule has 6 aliphatic rings. The van der Waals surface area contributed by atoms with E-state index in [1.807, 2.05) is 0 Å². The number of ketones is 1. The number of carbonyl (C=O) groups excluding carboxylic acids is 1. The Kier molecular flexibility index (Phi) is 11.0. The van der Waals surface area contributed by atoms with Gasteiger partial charge >= 0.3 is 0 Å². The topological polar surface area (TPSA) is 64.0 Å². The minimum absolute atomic E-state index is 0. The summed E-state index contributed by atoms with van der Waals surface area (Å²) >= 11 is 0. The Morgan fingerprint density at radius 3 is 1.58 bits per heavy atom. The van der Waals surface area contributed by atoms with Crippen LogP contribution < -0.4 is 0 Å². The first-order valence-electron chi connectivity index (χ1n) is 8.79. The van der Waals surface area contributed by atoms with Gasteiger partial charge in [-0.25, -0.2) is 0 Å². The Labute approximate surface area is 149 Å². The molecule has 0 unspecified atom stereocenters. The largest absolute Gasteiger partial charge is 0.394 e. The molecule has 0 radical (unpaired) electrons. The number of fused-ring (bicyclic) bond motifs is 6. The van der Waals surface area contributed by atoms with E-state index in [0.717, 1.165) is 39.0 Å². The van der Waals surface area contributed by atoms with Crippen LogP contribution >= 0.6 is 0 Å². The molecule has 1 atom stereocenters. The lowest BCUT2D eigenvalue weighted by Gasteiger charge is -2.42. The highest BCUT2D eigenvalue weighted by Crippen LogP contribution is 2.27. The molecule has 4 bridgehead atoms. The van der Waals surface area contributed by atoms with Crippen molar-refractivity contribution in [3.05, 3.63) is 0 Å². The van der Waals surface area contributed by atoms with Crippen molar-refractivity contribution in [2.75, 3.05) is 39.3 Å². The molecule has 0 aromatic rings. The van der Waals surface area contributed by atoms with E-state index in [-0.39, 0.29) is 27.1 Å². The molecule has 6 heterocycles. The molecule has 0 aromatic heterocycles. The van der Waals surface area contributed by atoms with Crippen LogP contribution in [0, 0.1) is 11.8 Å². The third kappa shape index (κ3) is 7.18. The van der Waals surface area contributed by atoms with Gasteiger partial charge in [0.25, 0.3) is 0 Å². The van der Waals surface area contributed by atoms with Crippen LogP contribution in [-0.2, 0) is 4.79 Å². The number of carbonyl (C=O) groups is 1. The molecule has 6 aliphatic heterocycles. The van der Waals surface area contributed by atoms with E-state index in [2.05, 4.69) is 9.80 Å². The van der Waals surface area contributed by atoms with Gasteiger partial charge in [0.1, 0.15) is 5.78 Å². The second-order valence-electron chi connectivity index (χ2n) is 7.32. The highest BCUT2D eigenvalue weighted by atomic mass is 16.3. The Balaban J connectivity index is 0.000000341. The molecule has 2 N–H and O–H groups in total. The Bertz CT molecular complexity index is 344. The van der Waals surface area contributed by atoms with Crippen molar-refractivity contribution in [1.82, 2.24) is 9.80 Å². The number of hydrogen-bond acceptors (Lipinski definition) is 5. The number of piperidine rings is 6. The minimum atomic E-state index is -0.167. The smallest absolute Gasteiger partial charge is 0.149 e. The van der Waals surface area contributed by atoms with Crippen molar-refractivity contribution in [2.45, 2.75) is 66.6 Å². The number of aliphatic hydroxyl groups is 2. The van der Waals surface area contributed by atoms with E-state index in [4.69, 9.17) is 5.11 Å². The molecule has 144 valence electrons. The average molecular weight is 345 g/mol. The molecule has 0 spiro atoms. The summed E-state index contributed by atoms with van der Waals surface area (Å²) in [6.45, 7) is 9.89. The predicted molar refractivity (Wildman–Crippen MR) is 100 cm³/mol. The highest BCUT2D eigenvalue weighted by Gasteiger charge is 2.32. The van der Waals surface area contributed by atoms with E-state index < -0.39 is 0 Å². The Hall–Kier alpha value is -0.490. The van der Waals surface area contributed by atoms with Crippen LogP contribution in [0.4, 0.5) is 0 Å². The van der Waals surface area contributed by atoms with E-state index >= 15 is 0 Å². The fraction of sp³-hybridized carbons (Fsp3) is 0.947. The maximum atomic E-state index is 11.0. The summed E-state index contributed by atoms with van der Waals surface area (Å²) in [5, 5.41) is 17.4. The third-order valence-corrected chi connectivity index (χ3v) is 5.04. The van der Waals surface area contributed by atoms with E-state index in [1.54, 1.807) is 13.8 Å². The number of aliphatic hydroxyl groups excluding tert-OH is 2. The molecule has 0 aromatic carbocycles. The second-order valence-corrected chi connectivity index (χ2v) is 7.32. The van der Waals surface area contributed by atoms with E-state index in [0.29, 0.717) is 17.6 Å². The van der Waals surface area contributed by atoms with Gasteiger partial charge in [-0.05, 0) is 71.6 Å². The van der Waals surface area contributed by atoms with Crippen LogP contribution in [0.1, 0.15) is 54.4 Å². The quantitative estimate of drug-likeness (QED) is 0.704. The fourth-order valence-electron chi connectivity index (χ4n) is 3.70. The van der Waals surface area contributed by atoms with Gasteiger partial charge in [0.2, 0.25) is 0 Å². The fourth-order valence-corrected chi connectivity index (χ4v) is 3.70. The van der Waals surface area contributed by atoms with Crippen molar-refractivity contribution >= 4 is 5.78 Å². The number of rotatable bonds is 0. The summed E-state index contributed by atoms with van der Waals surface area (Å²) in [6, 6.07) is 0. The lowest BCUT2D eigenvalue weighted by molar-refractivity contribution is -0.130. The lowest BCUT2D eigenvalue weighted by Crippen LogP contribution is -2.50. The maximum absolute atomic E-state index is 11.0. The molecule has 0 aliphatic carbocycles. The number of Topliss-reactive ketones (excluding diaryl/α,β-unsaturated/α-hetero) is 1.